The summed E-state index contributed by atoms with van der Waals surface area (Å²) in [6.45, 7) is 0.230. The van der Waals surface area contributed by atoms with Crippen molar-refractivity contribution in [1.82, 2.24) is 0 Å². The lowest BCUT2D eigenvalue weighted by molar-refractivity contribution is -0.396. The molecule has 0 aliphatic rings. The van der Waals surface area contributed by atoms with E-state index in [2.05, 4.69) is 0 Å². The van der Waals surface area contributed by atoms with Gasteiger partial charge in [-0.25, -0.2) is 0 Å². The Hall–Kier alpha value is -1.98. The number of rotatable bonds is 17. The minimum absolute atomic E-state index is 0.00243. The van der Waals surface area contributed by atoms with Crippen LogP contribution in [-0.2, 0) is 16.0 Å². The highest BCUT2D eigenvalue weighted by Crippen LogP contribution is 2.54. The van der Waals surface area contributed by atoms with Gasteiger partial charge in [0, 0.05) is 6.42 Å². The lowest BCUT2D eigenvalue weighted by atomic mass is 9.97. The van der Waals surface area contributed by atoms with Crippen LogP contribution in [0.3, 0.4) is 0 Å². The van der Waals surface area contributed by atoms with E-state index in [1.165, 1.54) is 0 Å². The van der Waals surface area contributed by atoms with E-state index in [4.69, 9.17) is 10.5 Å². The molecule has 0 aliphatic carbocycles. The molecule has 36 heavy (non-hydrogen) atoms. The van der Waals surface area contributed by atoms with Gasteiger partial charge in [-0.2, -0.15) is 39.5 Å². The largest absolute Gasteiger partial charge is 0.465 e. The van der Waals surface area contributed by atoms with Crippen LogP contribution in [-0.4, -0.2) is 42.6 Å². The molecule has 0 radical (unpaired) electrons. The molecule has 0 heterocycles. The van der Waals surface area contributed by atoms with Crippen molar-refractivity contribution in [3.05, 3.63) is 35.9 Å². The molecule has 2 N–H and O–H groups in total. The van der Waals surface area contributed by atoms with Crippen molar-refractivity contribution in [2.24, 2.45) is 5.73 Å². The lowest BCUT2D eigenvalue weighted by Gasteiger charge is -2.33. The van der Waals surface area contributed by atoms with Crippen molar-refractivity contribution in [2.75, 3.05) is 6.61 Å². The molecule has 0 amide bonds. The van der Waals surface area contributed by atoms with Crippen LogP contribution in [0.15, 0.2) is 30.3 Å². The Morgan fingerprint density at radius 1 is 0.722 bits per heavy atom. The van der Waals surface area contributed by atoms with Gasteiger partial charge in [0.05, 0.1) is 6.61 Å². The van der Waals surface area contributed by atoms with Crippen LogP contribution < -0.4 is 5.73 Å². The summed E-state index contributed by atoms with van der Waals surface area (Å²) in [5.74, 6) is -19.3. The molecule has 1 aromatic carbocycles. The molecule has 0 saturated heterocycles. The van der Waals surface area contributed by atoms with Gasteiger partial charge in [0.2, 0.25) is 0 Å². The highest BCUT2D eigenvalue weighted by atomic mass is 19.4. The maximum Gasteiger partial charge on any atom is 0.460 e. The number of ether oxygens (including phenoxy) is 1. The van der Waals surface area contributed by atoms with E-state index < -0.39 is 48.8 Å². The lowest BCUT2D eigenvalue weighted by Crippen LogP contribution is -2.60. The Bertz CT molecular complexity index is 771. The zero-order chi connectivity index (χ0) is 27.5. The van der Waals surface area contributed by atoms with Crippen molar-refractivity contribution >= 4 is 5.97 Å². The number of esters is 1. The smallest absolute Gasteiger partial charge is 0.460 e. The van der Waals surface area contributed by atoms with Crippen LogP contribution >= 0.6 is 0 Å². The first-order chi connectivity index (χ1) is 16.6. The summed E-state index contributed by atoms with van der Waals surface area (Å²) in [6.07, 6.45) is -4.13. The Kier molecular flexibility index (Phi) is 12.5. The maximum absolute atomic E-state index is 13.4. The Morgan fingerprint density at radius 2 is 1.19 bits per heavy atom. The van der Waals surface area contributed by atoms with Gasteiger partial charge >= 0.3 is 29.9 Å². The normalized spacial score (nSPS) is 14.1. The van der Waals surface area contributed by atoms with E-state index in [-0.39, 0.29) is 13.0 Å². The fourth-order valence-corrected chi connectivity index (χ4v) is 3.48. The summed E-state index contributed by atoms with van der Waals surface area (Å²) in [4.78, 5) is 11.9. The first kappa shape index (κ1) is 32.0. The van der Waals surface area contributed by atoms with Crippen molar-refractivity contribution in [1.29, 1.82) is 0 Å². The molecule has 12 heteroatoms. The molecule has 0 bridgehead atoms. The second-order valence-electron chi connectivity index (χ2n) is 8.75. The van der Waals surface area contributed by atoms with Gasteiger partial charge in [0.25, 0.3) is 0 Å². The molecule has 1 atom stereocenters. The standard InChI is InChI=1S/C24H32F9NO2/c25-21(26,22(27,28)23(29,30)24(31,32)33)15-11-6-4-2-1-3-5-7-12-16-36-20(35)19(34)17-18-13-9-8-10-14-18/h8-10,13-14,19H,1-7,11-12,15-17,34H2/t19-/m0/s1. The second kappa shape index (κ2) is 14.1. The monoisotopic (exact) mass is 537 g/mol. The van der Waals surface area contributed by atoms with Crippen LogP contribution in [0.4, 0.5) is 39.5 Å². The van der Waals surface area contributed by atoms with Gasteiger partial charge in [0.15, 0.2) is 0 Å². The second-order valence-corrected chi connectivity index (χ2v) is 8.75. The maximum atomic E-state index is 13.4. The number of unbranched alkanes of at least 4 members (excludes halogenated alkanes) is 8. The van der Waals surface area contributed by atoms with E-state index in [0.717, 1.165) is 24.8 Å². The van der Waals surface area contributed by atoms with Crippen LogP contribution in [0.2, 0.25) is 0 Å². The molecular weight excluding hydrogens is 505 g/mol. The highest BCUT2D eigenvalue weighted by molar-refractivity contribution is 5.75. The molecule has 0 spiro atoms. The summed E-state index contributed by atoms with van der Waals surface area (Å²) < 4.78 is 120. The van der Waals surface area contributed by atoms with Crippen LogP contribution in [0.5, 0.6) is 0 Å². The first-order valence-electron chi connectivity index (χ1n) is 11.8. The predicted molar refractivity (Wildman–Crippen MR) is 116 cm³/mol. The molecule has 1 rings (SSSR count). The summed E-state index contributed by atoms with van der Waals surface area (Å²) >= 11 is 0. The van der Waals surface area contributed by atoms with Crippen molar-refractivity contribution in [3.8, 4) is 0 Å². The Morgan fingerprint density at radius 3 is 1.69 bits per heavy atom. The fourth-order valence-electron chi connectivity index (χ4n) is 3.48. The van der Waals surface area contributed by atoms with E-state index in [1.54, 1.807) is 0 Å². The quantitative estimate of drug-likeness (QED) is 0.127. The molecule has 0 saturated carbocycles. The Balaban J connectivity index is 2.09. The predicted octanol–water partition coefficient (Wildman–Crippen LogP) is 7.47. The Labute approximate surface area is 204 Å². The fraction of sp³-hybridized carbons (Fsp3) is 0.708. The van der Waals surface area contributed by atoms with Gasteiger partial charge in [-0.3, -0.25) is 4.79 Å². The first-order valence-corrected chi connectivity index (χ1v) is 11.8. The highest BCUT2D eigenvalue weighted by Gasteiger charge is 2.81. The zero-order valence-electron chi connectivity index (χ0n) is 19.7. The molecule has 208 valence electrons. The number of alkyl halides is 9. The van der Waals surface area contributed by atoms with Crippen LogP contribution in [0.1, 0.15) is 69.8 Å². The topological polar surface area (TPSA) is 52.3 Å². The molecular formula is C24H32F9NO2. The number of hydrogen-bond acceptors (Lipinski definition) is 3. The summed E-state index contributed by atoms with van der Waals surface area (Å²) in [5, 5.41) is 0. The SMILES string of the molecule is N[C@@H](Cc1ccccc1)C(=O)OCCCCCCCCCCCC(F)(F)C(F)(F)C(F)(F)C(F)(F)F. The van der Waals surface area contributed by atoms with Crippen molar-refractivity contribution in [2.45, 2.75) is 101 Å². The number of carbonyl (C=O) groups excluding carboxylic acids is 1. The number of nitrogens with two attached hydrogens (primary N) is 1. The number of carbonyl (C=O) groups is 1. The van der Waals surface area contributed by atoms with E-state index >= 15 is 0 Å². The van der Waals surface area contributed by atoms with E-state index in [9.17, 15) is 44.3 Å². The van der Waals surface area contributed by atoms with Gasteiger partial charge in [0.1, 0.15) is 6.04 Å². The average Bonchev–Trinajstić information content (AvgIpc) is 2.79. The summed E-state index contributed by atoms with van der Waals surface area (Å²) in [6, 6.07) is 8.52. The number of hydrogen-bond donors (Lipinski definition) is 1. The third-order valence-corrected chi connectivity index (χ3v) is 5.69. The summed E-state index contributed by atoms with van der Waals surface area (Å²) in [5.41, 5.74) is 6.76. The minimum atomic E-state index is -6.82. The third kappa shape index (κ3) is 9.48. The van der Waals surface area contributed by atoms with E-state index in [1.807, 2.05) is 30.3 Å². The van der Waals surface area contributed by atoms with Gasteiger partial charge in [-0.05, 0) is 24.8 Å². The van der Waals surface area contributed by atoms with Gasteiger partial charge < -0.3 is 10.5 Å². The number of halogens is 9. The molecule has 0 aromatic heterocycles. The van der Waals surface area contributed by atoms with Crippen molar-refractivity contribution < 1.29 is 49.0 Å². The number of benzene rings is 1. The van der Waals surface area contributed by atoms with Gasteiger partial charge in [-0.15, -0.1) is 0 Å². The average molecular weight is 538 g/mol. The van der Waals surface area contributed by atoms with Crippen LogP contribution in [0, 0.1) is 0 Å². The van der Waals surface area contributed by atoms with Crippen molar-refractivity contribution in [3.63, 3.8) is 0 Å². The summed E-state index contributed by atoms with van der Waals surface area (Å²) in [7, 11) is 0. The third-order valence-electron chi connectivity index (χ3n) is 5.69. The van der Waals surface area contributed by atoms with Crippen LogP contribution in [0.25, 0.3) is 0 Å². The van der Waals surface area contributed by atoms with E-state index in [0.29, 0.717) is 32.1 Å². The molecule has 0 fully saturated rings. The zero-order valence-corrected chi connectivity index (χ0v) is 19.7. The molecule has 0 unspecified atom stereocenters. The van der Waals surface area contributed by atoms with Gasteiger partial charge in [-0.1, -0.05) is 75.3 Å². The molecule has 3 nitrogen and oxygen atoms in total. The minimum Gasteiger partial charge on any atom is -0.465 e. The molecule has 1 aromatic rings. The molecule has 0 aliphatic heterocycles.